The van der Waals surface area contributed by atoms with Crippen molar-refractivity contribution in [3.05, 3.63) is 29.6 Å². The molecule has 1 aromatic heterocycles. The number of halogens is 3. The molecule has 14 heavy (non-hydrogen) atoms. The van der Waals surface area contributed by atoms with Gasteiger partial charge in [-0.25, -0.2) is 0 Å². The molecule has 2 nitrogen and oxygen atoms in total. The second-order valence-corrected chi connectivity index (χ2v) is 3.22. The number of pyridine rings is 1. The fourth-order valence-electron chi connectivity index (χ4n) is 0.898. The first kappa shape index (κ1) is 10.9. The Morgan fingerprint density at radius 2 is 2.07 bits per heavy atom. The van der Waals surface area contributed by atoms with Crippen LogP contribution in [0, 0.1) is 0 Å². The number of aromatic nitrogens is 1. The van der Waals surface area contributed by atoms with Crippen molar-refractivity contribution in [2.24, 2.45) is 5.73 Å². The first-order valence-corrected chi connectivity index (χ1v) is 4.11. The van der Waals surface area contributed by atoms with Crippen LogP contribution < -0.4 is 5.73 Å². The molecular formula is C8H7F3N2S. The van der Waals surface area contributed by atoms with Gasteiger partial charge in [0.05, 0.1) is 4.99 Å². The second kappa shape index (κ2) is 3.91. The lowest BCUT2D eigenvalue weighted by molar-refractivity contribution is -0.141. The van der Waals surface area contributed by atoms with Crippen LogP contribution in [0.2, 0.25) is 0 Å². The molecule has 6 heteroatoms. The van der Waals surface area contributed by atoms with Gasteiger partial charge in [0.15, 0.2) is 0 Å². The predicted molar refractivity (Wildman–Crippen MR) is 49.7 cm³/mol. The van der Waals surface area contributed by atoms with Gasteiger partial charge in [-0.2, -0.15) is 13.2 Å². The first-order chi connectivity index (χ1) is 6.39. The van der Waals surface area contributed by atoms with Gasteiger partial charge in [0.2, 0.25) is 0 Å². The molecule has 1 aromatic rings. The quantitative estimate of drug-likeness (QED) is 0.774. The molecule has 0 saturated heterocycles. The molecule has 0 fully saturated rings. The van der Waals surface area contributed by atoms with E-state index in [0.717, 1.165) is 12.3 Å². The Labute approximate surface area is 83.9 Å². The lowest BCUT2D eigenvalue weighted by Gasteiger charge is -2.05. The minimum atomic E-state index is -4.40. The number of hydrogen-bond acceptors (Lipinski definition) is 2. The maximum atomic E-state index is 12.1. The summed E-state index contributed by atoms with van der Waals surface area (Å²) in [5, 5.41) is 0. The number of rotatable bonds is 2. The Kier molecular flexibility index (Phi) is 3.05. The van der Waals surface area contributed by atoms with Gasteiger partial charge < -0.3 is 5.73 Å². The predicted octanol–water partition coefficient (Wildman–Crippen LogP) is 1.93. The summed E-state index contributed by atoms with van der Waals surface area (Å²) in [6.07, 6.45) is -3.01. The smallest absolute Gasteiger partial charge is 0.393 e. The highest BCUT2D eigenvalue weighted by Crippen LogP contribution is 2.27. The summed E-state index contributed by atoms with van der Waals surface area (Å²) in [4.78, 5) is 3.49. The number of hydrogen-bond donors (Lipinski definition) is 1. The van der Waals surface area contributed by atoms with E-state index in [1.165, 1.54) is 6.07 Å². The van der Waals surface area contributed by atoms with Gasteiger partial charge in [-0.3, -0.25) is 4.98 Å². The fourth-order valence-corrected chi connectivity index (χ4v) is 1.06. The molecule has 1 rings (SSSR count). The molecule has 2 N–H and O–H groups in total. The van der Waals surface area contributed by atoms with Crippen LogP contribution in [0.4, 0.5) is 13.2 Å². The Bertz CT molecular complexity index is 331. The van der Waals surface area contributed by atoms with Crippen LogP contribution >= 0.6 is 12.2 Å². The molecule has 0 saturated carbocycles. The van der Waals surface area contributed by atoms with E-state index in [1.807, 2.05) is 0 Å². The van der Waals surface area contributed by atoms with E-state index in [-0.39, 0.29) is 11.4 Å². The van der Waals surface area contributed by atoms with E-state index in [9.17, 15) is 13.2 Å². The highest BCUT2D eigenvalue weighted by Gasteiger charge is 2.31. The highest BCUT2D eigenvalue weighted by molar-refractivity contribution is 7.80. The molecule has 76 valence electrons. The van der Waals surface area contributed by atoms with Gasteiger partial charge in [0, 0.05) is 12.6 Å². The van der Waals surface area contributed by atoms with Gasteiger partial charge in [-0.15, -0.1) is 0 Å². The van der Waals surface area contributed by atoms with E-state index < -0.39 is 11.9 Å². The van der Waals surface area contributed by atoms with Crippen molar-refractivity contribution in [3.8, 4) is 0 Å². The average Bonchev–Trinajstić information content (AvgIpc) is 2.02. The number of thiocarbonyl (C=S) groups is 1. The van der Waals surface area contributed by atoms with E-state index >= 15 is 0 Å². The largest absolute Gasteiger partial charge is 0.433 e. The maximum absolute atomic E-state index is 12.1. The Hall–Kier alpha value is -1.17. The Morgan fingerprint density at radius 1 is 1.43 bits per heavy atom. The first-order valence-electron chi connectivity index (χ1n) is 3.70. The fraction of sp³-hybridized carbons (Fsp3) is 0.250. The van der Waals surface area contributed by atoms with Crippen LogP contribution in [0.3, 0.4) is 0 Å². The third kappa shape index (κ3) is 2.95. The zero-order valence-corrected chi connectivity index (χ0v) is 7.82. The van der Waals surface area contributed by atoms with Crippen LogP contribution in [0.5, 0.6) is 0 Å². The van der Waals surface area contributed by atoms with Gasteiger partial charge in [0.25, 0.3) is 0 Å². The van der Waals surface area contributed by atoms with Crippen LogP contribution in [0.15, 0.2) is 18.3 Å². The van der Waals surface area contributed by atoms with E-state index in [4.69, 9.17) is 5.73 Å². The van der Waals surface area contributed by atoms with E-state index in [0.29, 0.717) is 5.56 Å². The zero-order chi connectivity index (χ0) is 10.8. The summed E-state index contributed by atoms with van der Waals surface area (Å²) in [5.74, 6) is 0. The van der Waals surface area contributed by atoms with Crippen LogP contribution in [0.25, 0.3) is 0 Å². The number of alkyl halides is 3. The molecule has 0 aliphatic carbocycles. The van der Waals surface area contributed by atoms with E-state index in [2.05, 4.69) is 17.2 Å². The third-order valence-electron chi connectivity index (χ3n) is 1.49. The zero-order valence-electron chi connectivity index (χ0n) is 7.01. The van der Waals surface area contributed by atoms with Crippen LogP contribution in [-0.2, 0) is 12.6 Å². The van der Waals surface area contributed by atoms with E-state index in [1.54, 1.807) is 0 Å². The molecule has 0 spiro atoms. The second-order valence-electron chi connectivity index (χ2n) is 2.69. The van der Waals surface area contributed by atoms with Crippen molar-refractivity contribution in [2.75, 3.05) is 0 Å². The standard InChI is InChI=1S/C8H7F3N2S/c9-8(10,11)6-2-1-5(4-13-6)3-7(12)14/h1-2,4H,3H2,(H2,12,14). The summed E-state index contributed by atoms with van der Waals surface area (Å²) in [7, 11) is 0. The van der Waals surface area contributed by atoms with Gasteiger partial charge in [-0.05, 0) is 11.6 Å². The molecule has 0 aliphatic heterocycles. The van der Waals surface area contributed by atoms with Crippen molar-refractivity contribution < 1.29 is 13.2 Å². The number of nitrogens with zero attached hydrogens (tertiary/aromatic N) is 1. The van der Waals surface area contributed by atoms with Crippen molar-refractivity contribution in [2.45, 2.75) is 12.6 Å². The molecule has 0 unspecified atom stereocenters. The summed E-state index contributed by atoms with van der Waals surface area (Å²) >= 11 is 4.61. The minimum Gasteiger partial charge on any atom is -0.393 e. The van der Waals surface area contributed by atoms with Crippen LogP contribution in [-0.4, -0.2) is 9.97 Å². The highest BCUT2D eigenvalue weighted by atomic mass is 32.1. The summed E-state index contributed by atoms with van der Waals surface area (Å²) in [5.41, 5.74) is 4.89. The topological polar surface area (TPSA) is 38.9 Å². The summed E-state index contributed by atoms with van der Waals surface area (Å²) in [6.45, 7) is 0. The summed E-state index contributed by atoms with van der Waals surface area (Å²) < 4.78 is 36.2. The lowest BCUT2D eigenvalue weighted by Crippen LogP contribution is -2.12. The number of nitrogens with two attached hydrogens (primary N) is 1. The molecule has 0 amide bonds. The maximum Gasteiger partial charge on any atom is 0.433 e. The normalized spacial score (nSPS) is 11.4. The monoisotopic (exact) mass is 220 g/mol. The molecule has 0 radical (unpaired) electrons. The SMILES string of the molecule is NC(=S)Cc1ccc(C(F)(F)F)nc1. The Morgan fingerprint density at radius 3 is 2.43 bits per heavy atom. The summed E-state index contributed by atoms with van der Waals surface area (Å²) in [6, 6.07) is 2.22. The average molecular weight is 220 g/mol. The third-order valence-corrected chi connectivity index (χ3v) is 1.64. The minimum absolute atomic E-state index is 0.228. The van der Waals surface area contributed by atoms with Gasteiger partial charge in [-0.1, -0.05) is 18.3 Å². The van der Waals surface area contributed by atoms with Gasteiger partial charge in [0.1, 0.15) is 5.69 Å². The van der Waals surface area contributed by atoms with Crippen molar-refractivity contribution in [3.63, 3.8) is 0 Å². The van der Waals surface area contributed by atoms with Gasteiger partial charge >= 0.3 is 6.18 Å². The molecular weight excluding hydrogens is 213 g/mol. The lowest BCUT2D eigenvalue weighted by atomic mass is 10.2. The van der Waals surface area contributed by atoms with Crippen molar-refractivity contribution >= 4 is 17.2 Å². The molecule has 0 aromatic carbocycles. The molecule has 0 aliphatic rings. The van der Waals surface area contributed by atoms with Crippen molar-refractivity contribution in [1.82, 2.24) is 4.98 Å². The Balaban J connectivity index is 2.84. The van der Waals surface area contributed by atoms with Crippen molar-refractivity contribution in [1.29, 1.82) is 0 Å². The molecule has 1 heterocycles. The molecule has 0 bridgehead atoms. The van der Waals surface area contributed by atoms with Crippen LogP contribution in [0.1, 0.15) is 11.3 Å². The molecule has 0 atom stereocenters.